The van der Waals surface area contributed by atoms with Crippen molar-refractivity contribution in [2.75, 3.05) is 0 Å². The Balaban J connectivity index is 2.43. The highest BCUT2D eigenvalue weighted by molar-refractivity contribution is 5.78. The van der Waals surface area contributed by atoms with E-state index >= 15 is 0 Å². The first-order chi connectivity index (χ1) is 8.54. The van der Waals surface area contributed by atoms with Crippen molar-refractivity contribution in [3.8, 4) is 0 Å². The normalized spacial score (nSPS) is 15.2. The van der Waals surface area contributed by atoms with Crippen LogP contribution in [0.15, 0.2) is 28.7 Å². The molecule has 0 saturated carbocycles. The van der Waals surface area contributed by atoms with Crippen LogP contribution in [0.5, 0.6) is 0 Å². The van der Waals surface area contributed by atoms with Crippen LogP contribution in [0.25, 0.3) is 11.0 Å². The molecular weight excluding hydrogens is 231 g/mol. The van der Waals surface area contributed by atoms with Gasteiger partial charge in [0.2, 0.25) is 0 Å². The molecule has 2 unspecified atom stereocenters. The molecule has 3 N–H and O–H groups in total. The molecule has 1 aromatic heterocycles. The molecule has 0 aliphatic carbocycles. The molecule has 18 heavy (non-hydrogen) atoms. The lowest BCUT2D eigenvalue weighted by Gasteiger charge is -2.24. The van der Waals surface area contributed by atoms with Gasteiger partial charge in [-0.3, -0.25) is 5.84 Å². The third-order valence-corrected chi connectivity index (χ3v) is 3.58. The lowest BCUT2D eigenvalue weighted by atomic mass is 9.89. The molecule has 3 nitrogen and oxygen atoms in total. The second-order valence-electron chi connectivity index (χ2n) is 5.05. The van der Waals surface area contributed by atoms with Crippen molar-refractivity contribution >= 4 is 11.0 Å². The van der Waals surface area contributed by atoms with Crippen molar-refractivity contribution in [3.05, 3.63) is 35.8 Å². The number of hydrogen-bond acceptors (Lipinski definition) is 3. The average molecular weight is 250 g/mol. The highest BCUT2D eigenvalue weighted by Crippen LogP contribution is 2.32. The van der Waals surface area contributed by atoms with E-state index in [-0.39, 0.29) is 11.9 Å². The first kappa shape index (κ1) is 13.1. The number of nitrogens with two attached hydrogens (primary N) is 1. The van der Waals surface area contributed by atoms with E-state index in [0.717, 1.165) is 5.39 Å². The molecule has 0 fully saturated rings. The molecule has 0 aliphatic heterocycles. The monoisotopic (exact) mass is 250 g/mol. The molecule has 0 bridgehead atoms. The van der Waals surface area contributed by atoms with Crippen molar-refractivity contribution in [2.24, 2.45) is 17.7 Å². The Morgan fingerprint density at radius 3 is 2.56 bits per heavy atom. The highest BCUT2D eigenvalue weighted by Gasteiger charge is 2.24. The van der Waals surface area contributed by atoms with E-state index < -0.39 is 0 Å². The van der Waals surface area contributed by atoms with Crippen molar-refractivity contribution in [2.45, 2.75) is 26.8 Å². The van der Waals surface area contributed by atoms with E-state index in [4.69, 9.17) is 10.3 Å². The van der Waals surface area contributed by atoms with Crippen molar-refractivity contribution in [1.82, 2.24) is 5.43 Å². The lowest BCUT2D eigenvalue weighted by molar-refractivity contribution is 0.273. The quantitative estimate of drug-likeness (QED) is 0.646. The summed E-state index contributed by atoms with van der Waals surface area (Å²) in [5.41, 5.74) is 3.06. The molecule has 0 saturated heterocycles. The number of nitrogens with one attached hydrogen (secondary N) is 1. The van der Waals surface area contributed by atoms with Gasteiger partial charge in [0.05, 0.1) is 6.04 Å². The Hall–Kier alpha value is -1.39. The number of furan rings is 1. The van der Waals surface area contributed by atoms with E-state index in [9.17, 15) is 4.39 Å². The Morgan fingerprint density at radius 1 is 1.28 bits per heavy atom. The van der Waals surface area contributed by atoms with Crippen LogP contribution in [0, 0.1) is 17.7 Å². The minimum Gasteiger partial charge on any atom is -0.456 e. The Labute approximate surface area is 106 Å². The molecule has 98 valence electrons. The highest BCUT2D eigenvalue weighted by atomic mass is 19.1. The number of hydrogen-bond donors (Lipinski definition) is 2. The fourth-order valence-corrected chi connectivity index (χ4v) is 2.08. The molecule has 0 spiro atoms. The number of para-hydroxylation sites is 1. The second-order valence-corrected chi connectivity index (χ2v) is 5.05. The Bertz CT molecular complexity index is 536. The van der Waals surface area contributed by atoms with Crippen LogP contribution in [-0.4, -0.2) is 0 Å². The van der Waals surface area contributed by atoms with Gasteiger partial charge < -0.3 is 4.42 Å². The van der Waals surface area contributed by atoms with Gasteiger partial charge in [0.1, 0.15) is 5.76 Å². The van der Waals surface area contributed by atoms with Gasteiger partial charge in [0.15, 0.2) is 11.4 Å². The summed E-state index contributed by atoms with van der Waals surface area (Å²) in [5.74, 6) is 6.68. The zero-order valence-electron chi connectivity index (χ0n) is 10.9. The molecule has 1 aromatic carbocycles. The van der Waals surface area contributed by atoms with E-state index in [2.05, 4.69) is 26.2 Å². The minimum atomic E-state index is -0.341. The molecule has 4 heteroatoms. The molecule has 1 heterocycles. The van der Waals surface area contributed by atoms with Crippen LogP contribution in [0.1, 0.15) is 32.6 Å². The summed E-state index contributed by atoms with van der Waals surface area (Å²) in [4.78, 5) is 0. The van der Waals surface area contributed by atoms with Crippen LogP contribution in [0.4, 0.5) is 4.39 Å². The predicted octanol–water partition coefficient (Wildman–Crippen LogP) is 3.37. The van der Waals surface area contributed by atoms with E-state index in [0.29, 0.717) is 23.2 Å². The van der Waals surface area contributed by atoms with Gasteiger partial charge in [-0.1, -0.05) is 32.9 Å². The van der Waals surface area contributed by atoms with Crippen LogP contribution in [0.2, 0.25) is 0 Å². The van der Waals surface area contributed by atoms with Crippen molar-refractivity contribution in [1.29, 1.82) is 0 Å². The largest absolute Gasteiger partial charge is 0.456 e. The molecule has 2 rings (SSSR count). The first-order valence-corrected chi connectivity index (χ1v) is 6.18. The summed E-state index contributed by atoms with van der Waals surface area (Å²) < 4.78 is 19.2. The zero-order chi connectivity index (χ0) is 13.3. The molecular formula is C14H19FN2O. The third kappa shape index (κ3) is 2.26. The number of halogens is 1. The van der Waals surface area contributed by atoms with Gasteiger partial charge in [0, 0.05) is 5.39 Å². The molecule has 2 atom stereocenters. The summed E-state index contributed by atoms with van der Waals surface area (Å²) in [5, 5.41) is 0.765. The number of rotatable bonds is 4. The third-order valence-electron chi connectivity index (χ3n) is 3.58. The van der Waals surface area contributed by atoms with Crippen molar-refractivity contribution in [3.63, 3.8) is 0 Å². The number of fused-ring (bicyclic) bond motifs is 1. The first-order valence-electron chi connectivity index (χ1n) is 6.18. The van der Waals surface area contributed by atoms with E-state index in [1.807, 2.05) is 12.1 Å². The molecule has 0 aliphatic rings. The Morgan fingerprint density at radius 2 is 2.00 bits per heavy atom. The summed E-state index contributed by atoms with van der Waals surface area (Å²) in [7, 11) is 0. The van der Waals surface area contributed by atoms with Gasteiger partial charge in [-0.2, -0.15) is 0 Å². The molecule has 0 radical (unpaired) electrons. The standard InChI is InChI=1S/C14H19FN2O/c1-8(2)9(3)13(17-16)12-7-10-5-4-6-11(15)14(10)18-12/h4-9,13,17H,16H2,1-3H3. The minimum absolute atomic E-state index is 0.114. The topological polar surface area (TPSA) is 51.2 Å². The van der Waals surface area contributed by atoms with Gasteiger partial charge in [-0.25, -0.2) is 9.82 Å². The summed E-state index contributed by atoms with van der Waals surface area (Å²) in [6.45, 7) is 6.34. The summed E-state index contributed by atoms with van der Waals surface area (Å²) in [6, 6.07) is 6.64. The van der Waals surface area contributed by atoms with Crippen LogP contribution in [-0.2, 0) is 0 Å². The maximum Gasteiger partial charge on any atom is 0.169 e. The van der Waals surface area contributed by atoms with Crippen LogP contribution < -0.4 is 11.3 Å². The smallest absolute Gasteiger partial charge is 0.169 e. The summed E-state index contributed by atoms with van der Waals surface area (Å²) >= 11 is 0. The van der Waals surface area contributed by atoms with Gasteiger partial charge in [0.25, 0.3) is 0 Å². The van der Waals surface area contributed by atoms with Crippen LogP contribution >= 0.6 is 0 Å². The predicted molar refractivity (Wildman–Crippen MR) is 70.2 cm³/mol. The summed E-state index contributed by atoms with van der Waals surface area (Å²) in [6.07, 6.45) is 0. The van der Waals surface area contributed by atoms with Gasteiger partial charge >= 0.3 is 0 Å². The zero-order valence-corrected chi connectivity index (χ0v) is 10.9. The maximum absolute atomic E-state index is 13.6. The second kappa shape index (κ2) is 5.08. The van der Waals surface area contributed by atoms with Gasteiger partial charge in [-0.15, -0.1) is 0 Å². The molecule has 0 amide bonds. The average Bonchev–Trinajstić information content (AvgIpc) is 2.75. The fraction of sp³-hybridized carbons (Fsp3) is 0.429. The lowest BCUT2D eigenvalue weighted by Crippen LogP contribution is -2.34. The maximum atomic E-state index is 13.6. The fourth-order valence-electron chi connectivity index (χ4n) is 2.08. The molecule has 2 aromatic rings. The van der Waals surface area contributed by atoms with E-state index in [1.54, 1.807) is 6.07 Å². The van der Waals surface area contributed by atoms with Crippen molar-refractivity contribution < 1.29 is 8.81 Å². The van der Waals surface area contributed by atoms with E-state index in [1.165, 1.54) is 6.07 Å². The van der Waals surface area contributed by atoms with Gasteiger partial charge in [-0.05, 0) is 24.0 Å². The Kier molecular flexibility index (Phi) is 3.68. The van der Waals surface area contributed by atoms with Crippen LogP contribution in [0.3, 0.4) is 0 Å². The SMILES string of the molecule is CC(C)C(C)C(NN)c1cc2cccc(F)c2o1. The number of benzene rings is 1. The number of hydrazine groups is 1.